The monoisotopic (exact) mass is 570 g/mol. The third kappa shape index (κ3) is 4.84. The fraction of sp³-hybridized carbons (Fsp3) is 0.433. The molecular formula is C30H34N8O4. The maximum absolute atomic E-state index is 14.3. The van der Waals surface area contributed by atoms with Crippen LogP contribution in [0.3, 0.4) is 0 Å². The Labute approximate surface area is 242 Å². The van der Waals surface area contributed by atoms with Crippen molar-refractivity contribution in [2.75, 3.05) is 44.3 Å². The number of anilines is 1. The van der Waals surface area contributed by atoms with Gasteiger partial charge >= 0.3 is 5.69 Å². The third-order valence-electron chi connectivity index (χ3n) is 8.07. The van der Waals surface area contributed by atoms with Crippen molar-refractivity contribution in [3.05, 3.63) is 62.6 Å². The van der Waals surface area contributed by atoms with E-state index in [1.165, 1.54) is 9.13 Å². The molecule has 0 unspecified atom stereocenters. The van der Waals surface area contributed by atoms with E-state index in [4.69, 9.17) is 10.5 Å². The Morgan fingerprint density at radius 3 is 2.57 bits per heavy atom. The fourth-order valence-electron chi connectivity index (χ4n) is 6.02. The van der Waals surface area contributed by atoms with E-state index in [0.717, 1.165) is 23.9 Å². The van der Waals surface area contributed by atoms with E-state index in [1.54, 1.807) is 31.3 Å². The van der Waals surface area contributed by atoms with Crippen molar-refractivity contribution >= 4 is 33.8 Å². The topological polar surface area (TPSA) is 134 Å². The van der Waals surface area contributed by atoms with Crippen molar-refractivity contribution in [1.82, 2.24) is 28.6 Å². The molecule has 0 spiro atoms. The fourth-order valence-corrected chi connectivity index (χ4v) is 6.02. The van der Waals surface area contributed by atoms with E-state index >= 15 is 0 Å². The molecule has 3 aromatic heterocycles. The number of nitrogens with two attached hydrogens (primary N) is 1. The number of fused-ring (bicyclic) bond motifs is 2. The van der Waals surface area contributed by atoms with E-state index in [1.807, 2.05) is 22.8 Å². The van der Waals surface area contributed by atoms with Gasteiger partial charge in [-0.1, -0.05) is 12.0 Å². The quantitative estimate of drug-likeness (QED) is 0.350. The number of nitrogens with zero attached hydrogens (tertiary/aromatic N) is 7. The second kappa shape index (κ2) is 11.4. The second-order valence-corrected chi connectivity index (χ2v) is 10.8. The smallest absolute Gasteiger partial charge is 0.331 e. The predicted molar refractivity (Wildman–Crippen MR) is 160 cm³/mol. The van der Waals surface area contributed by atoms with Gasteiger partial charge in [0.15, 0.2) is 0 Å². The minimum absolute atomic E-state index is 0.0370. The summed E-state index contributed by atoms with van der Waals surface area (Å²) in [6.45, 7) is 4.86. The molecule has 12 heteroatoms. The highest BCUT2D eigenvalue weighted by atomic mass is 16.5. The zero-order chi connectivity index (χ0) is 29.4. The molecular weight excluding hydrogens is 536 g/mol. The van der Waals surface area contributed by atoms with Gasteiger partial charge in [0.05, 0.1) is 42.9 Å². The number of rotatable bonds is 5. The molecule has 42 heavy (non-hydrogen) atoms. The molecule has 2 saturated heterocycles. The number of aryl methyl sites for hydroxylation is 1. The summed E-state index contributed by atoms with van der Waals surface area (Å²) < 4.78 is 9.94. The van der Waals surface area contributed by atoms with Crippen molar-refractivity contribution in [2.45, 2.75) is 38.9 Å². The van der Waals surface area contributed by atoms with E-state index in [2.05, 4.69) is 26.7 Å². The Kier molecular flexibility index (Phi) is 7.53. The van der Waals surface area contributed by atoms with Gasteiger partial charge in [-0.3, -0.25) is 28.7 Å². The summed E-state index contributed by atoms with van der Waals surface area (Å²) >= 11 is 0. The molecule has 0 radical (unpaired) electrons. The molecule has 0 aliphatic carbocycles. The molecule has 1 atom stereocenters. The van der Waals surface area contributed by atoms with E-state index < -0.39 is 11.2 Å². The normalized spacial score (nSPS) is 17.5. The molecule has 1 aromatic carbocycles. The zero-order valence-corrected chi connectivity index (χ0v) is 23.9. The SMILES string of the molecule is CC#CCn1c(N2CCC[C@@H](N)C2)c(C(=O)N2CCOCC2)c2c1c(=O)n(Cc1ccc3nccnc3c1)c(=O)n2C. The summed E-state index contributed by atoms with van der Waals surface area (Å²) in [5.41, 5.74) is 8.45. The first-order valence-corrected chi connectivity index (χ1v) is 14.2. The van der Waals surface area contributed by atoms with Crippen LogP contribution >= 0.6 is 0 Å². The van der Waals surface area contributed by atoms with Crippen molar-refractivity contribution in [2.24, 2.45) is 12.8 Å². The number of carbonyl (C=O) groups excluding carboxylic acids is 1. The summed E-state index contributed by atoms with van der Waals surface area (Å²) in [4.78, 5) is 54.9. The Bertz CT molecular complexity index is 1850. The van der Waals surface area contributed by atoms with Crippen molar-refractivity contribution in [3.8, 4) is 11.8 Å². The summed E-state index contributed by atoms with van der Waals surface area (Å²) in [5.74, 6) is 6.36. The Morgan fingerprint density at radius 2 is 1.83 bits per heavy atom. The van der Waals surface area contributed by atoms with Crippen LogP contribution in [0.5, 0.6) is 0 Å². The Morgan fingerprint density at radius 1 is 1.07 bits per heavy atom. The minimum Gasteiger partial charge on any atom is -0.378 e. The molecule has 0 bridgehead atoms. The highest BCUT2D eigenvalue weighted by Gasteiger charge is 2.35. The summed E-state index contributed by atoms with van der Waals surface area (Å²) in [7, 11) is 1.62. The molecule has 6 rings (SSSR count). The van der Waals surface area contributed by atoms with Gasteiger partial charge in [0, 0.05) is 51.7 Å². The first kappa shape index (κ1) is 27.7. The van der Waals surface area contributed by atoms with Gasteiger partial charge in [0.1, 0.15) is 16.9 Å². The van der Waals surface area contributed by atoms with Crippen LogP contribution in [0, 0.1) is 11.8 Å². The molecule has 2 aliphatic heterocycles. The average molecular weight is 571 g/mol. The number of hydrogen-bond acceptors (Lipinski definition) is 8. The Balaban J connectivity index is 1.61. The number of benzene rings is 1. The largest absolute Gasteiger partial charge is 0.378 e. The number of piperidine rings is 1. The van der Waals surface area contributed by atoms with E-state index in [-0.39, 0.29) is 30.6 Å². The molecule has 2 aliphatic rings. The lowest BCUT2D eigenvalue weighted by Crippen LogP contribution is -2.45. The Hall–Kier alpha value is -4.47. The number of morpholine rings is 1. The van der Waals surface area contributed by atoms with Crippen LogP contribution in [0.1, 0.15) is 35.7 Å². The van der Waals surface area contributed by atoms with Crippen molar-refractivity contribution < 1.29 is 9.53 Å². The molecule has 2 N–H and O–H groups in total. The number of ether oxygens (including phenoxy) is 1. The summed E-state index contributed by atoms with van der Waals surface area (Å²) in [6.07, 6.45) is 4.94. The third-order valence-corrected chi connectivity index (χ3v) is 8.07. The predicted octanol–water partition coefficient (Wildman–Crippen LogP) is 0.916. The van der Waals surface area contributed by atoms with Gasteiger partial charge in [-0.15, -0.1) is 5.92 Å². The van der Waals surface area contributed by atoms with E-state index in [0.29, 0.717) is 61.8 Å². The average Bonchev–Trinajstić information content (AvgIpc) is 3.36. The van der Waals surface area contributed by atoms with Gasteiger partial charge in [-0.05, 0) is 37.5 Å². The van der Waals surface area contributed by atoms with Crippen LogP contribution in [-0.2, 0) is 24.9 Å². The summed E-state index contributed by atoms with van der Waals surface area (Å²) in [6, 6.07) is 5.41. The maximum Gasteiger partial charge on any atom is 0.331 e. The van der Waals surface area contributed by atoms with Gasteiger partial charge in [0.25, 0.3) is 11.5 Å². The van der Waals surface area contributed by atoms with Crippen LogP contribution in [0.4, 0.5) is 5.82 Å². The number of hydrogen-bond donors (Lipinski definition) is 1. The van der Waals surface area contributed by atoms with E-state index in [9.17, 15) is 14.4 Å². The molecule has 0 saturated carbocycles. The van der Waals surface area contributed by atoms with Crippen LogP contribution in [0.15, 0.2) is 40.2 Å². The lowest BCUT2D eigenvalue weighted by Gasteiger charge is -2.34. The highest BCUT2D eigenvalue weighted by molar-refractivity contribution is 6.11. The van der Waals surface area contributed by atoms with Gasteiger partial charge in [-0.2, -0.15) is 0 Å². The molecule has 1 amide bonds. The number of amides is 1. The zero-order valence-electron chi connectivity index (χ0n) is 23.9. The first-order valence-electron chi connectivity index (χ1n) is 14.2. The summed E-state index contributed by atoms with van der Waals surface area (Å²) in [5, 5.41) is 0. The van der Waals surface area contributed by atoms with Crippen LogP contribution in [0.2, 0.25) is 0 Å². The lowest BCUT2D eigenvalue weighted by molar-refractivity contribution is 0.0304. The molecule has 5 heterocycles. The molecule has 4 aromatic rings. The van der Waals surface area contributed by atoms with Crippen LogP contribution in [0.25, 0.3) is 22.1 Å². The van der Waals surface area contributed by atoms with Gasteiger partial charge in [-0.25, -0.2) is 4.79 Å². The molecule has 12 nitrogen and oxygen atoms in total. The second-order valence-electron chi connectivity index (χ2n) is 10.8. The number of carbonyl (C=O) groups is 1. The standard InChI is InChI=1S/C30H34N8O4/c1-3-4-12-37-26-25(24(28(39)35-13-15-42-16-14-35)27(37)36-11-5-6-21(31)19-36)34(2)30(41)38(29(26)40)18-20-7-8-22-23(17-20)33-10-9-32-22/h7-10,17,21H,5-6,11-16,18-19,31H2,1-2H3/t21-/m1/s1. The lowest BCUT2D eigenvalue weighted by atomic mass is 10.1. The molecule has 2 fully saturated rings. The first-order chi connectivity index (χ1) is 20.4. The van der Waals surface area contributed by atoms with Crippen molar-refractivity contribution in [1.29, 1.82) is 0 Å². The van der Waals surface area contributed by atoms with Crippen LogP contribution < -0.4 is 21.9 Å². The minimum atomic E-state index is -0.511. The highest BCUT2D eigenvalue weighted by Crippen LogP contribution is 2.34. The number of aromatic nitrogens is 5. The molecule has 218 valence electrons. The maximum atomic E-state index is 14.3. The van der Waals surface area contributed by atoms with Crippen molar-refractivity contribution in [3.63, 3.8) is 0 Å². The van der Waals surface area contributed by atoms with Gasteiger partial charge < -0.3 is 24.8 Å². The van der Waals surface area contributed by atoms with Crippen LogP contribution in [-0.4, -0.2) is 79.9 Å². The van der Waals surface area contributed by atoms with Gasteiger partial charge in [0.2, 0.25) is 0 Å².